The minimum Gasteiger partial charge on any atom is -0.497 e. The SMILES string of the molecule is COc1ccc(COC(=O)C2=C(C)NC3=C(C(=O)CC(C)(C)C3)[C@@H]2c2cccc([N+](=O)[O-])c2)cc1. The van der Waals surface area contributed by atoms with Crippen LogP contribution in [0.4, 0.5) is 5.69 Å². The summed E-state index contributed by atoms with van der Waals surface area (Å²) in [5.74, 6) is -0.711. The van der Waals surface area contributed by atoms with Crippen LogP contribution in [0.2, 0.25) is 0 Å². The number of nitro groups is 1. The monoisotopic (exact) mass is 476 g/mol. The van der Waals surface area contributed by atoms with Crippen molar-refractivity contribution in [2.24, 2.45) is 5.41 Å². The topological polar surface area (TPSA) is 108 Å². The van der Waals surface area contributed by atoms with E-state index in [-0.39, 0.29) is 29.1 Å². The van der Waals surface area contributed by atoms with Crippen molar-refractivity contribution in [3.8, 4) is 5.75 Å². The summed E-state index contributed by atoms with van der Waals surface area (Å²) in [4.78, 5) is 37.7. The molecule has 0 saturated heterocycles. The molecule has 0 amide bonds. The first-order valence-corrected chi connectivity index (χ1v) is 11.4. The molecule has 35 heavy (non-hydrogen) atoms. The van der Waals surface area contributed by atoms with Crippen molar-refractivity contribution in [2.45, 2.75) is 46.1 Å². The van der Waals surface area contributed by atoms with Gasteiger partial charge in [-0.15, -0.1) is 0 Å². The predicted molar refractivity (Wildman–Crippen MR) is 130 cm³/mol. The Bertz CT molecular complexity index is 1260. The number of nitro benzene ring substituents is 1. The minimum absolute atomic E-state index is 0.0359. The van der Waals surface area contributed by atoms with Gasteiger partial charge in [-0.25, -0.2) is 4.79 Å². The van der Waals surface area contributed by atoms with Crippen LogP contribution in [0.5, 0.6) is 5.75 Å². The molecule has 8 nitrogen and oxygen atoms in total. The van der Waals surface area contributed by atoms with Crippen molar-refractivity contribution < 1.29 is 24.0 Å². The van der Waals surface area contributed by atoms with Crippen LogP contribution in [-0.2, 0) is 20.9 Å². The minimum atomic E-state index is -0.752. The quantitative estimate of drug-likeness (QED) is 0.357. The van der Waals surface area contributed by atoms with Crippen molar-refractivity contribution in [2.75, 3.05) is 7.11 Å². The van der Waals surface area contributed by atoms with Crippen LogP contribution >= 0.6 is 0 Å². The largest absolute Gasteiger partial charge is 0.497 e. The number of rotatable bonds is 6. The third kappa shape index (κ3) is 4.96. The number of non-ortho nitro benzene ring substituents is 1. The fraction of sp³-hybridized carbons (Fsp3) is 0.333. The highest BCUT2D eigenvalue weighted by molar-refractivity contribution is 6.04. The van der Waals surface area contributed by atoms with Gasteiger partial charge in [0.1, 0.15) is 12.4 Å². The zero-order valence-electron chi connectivity index (χ0n) is 20.2. The third-order valence-corrected chi connectivity index (χ3v) is 6.40. The lowest BCUT2D eigenvalue weighted by atomic mass is 9.68. The number of carbonyl (C=O) groups excluding carboxylic acids is 2. The van der Waals surface area contributed by atoms with Crippen molar-refractivity contribution in [1.82, 2.24) is 5.32 Å². The van der Waals surface area contributed by atoms with E-state index in [0.717, 1.165) is 11.3 Å². The average Bonchev–Trinajstić information content (AvgIpc) is 2.81. The van der Waals surface area contributed by atoms with E-state index in [1.165, 1.54) is 12.1 Å². The highest BCUT2D eigenvalue weighted by atomic mass is 16.6. The van der Waals surface area contributed by atoms with E-state index in [1.807, 2.05) is 13.8 Å². The molecular formula is C27H28N2O6. The van der Waals surface area contributed by atoms with Crippen LogP contribution < -0.4 is 10.1 Å². The van der Waals surface area contributed by atoms with Gasteiger partial charge in [0, 0.05) is 41.4 Å². The lowest BCUT2D eigenvalue weighted by Crippen LogP contribution is -2.38. The molecule has 2 aromatic rings. The number of nitrogens with zero attached hydrogens (tertiary/aromatic N) is 1. The van der Waals surface area contributed by atoms with Gasteiger partial charge in [-0.2, -0.15) is 0 Å². The molecule has 1 atom stereocenters. The van der Waals surface area contributed by atoms with Crippen LogP contribution in [0, 0.1) is 15.5 Å². The first-order chi connectivity index (χ1) is 16.6. The van der Waals surface area contributed by atoms with E-state index >= 15 is 0 Å². The number of hydrogen-bond donors (Lipinski definition) is 1. The fourth-order valence-corrected chi connectivity index (χ4v) is 4.81. The number of nitrogens with one attached hydrogen (secondary N) is 1. The van der Waals surface area contributed by atoms with E-state index in [1.54, 1.807) is 50.4 Å². The van der Waals surface area contributed by atoms with Gasteiger partial charge in [0.05, 0.1) is 17.6 Å². The van der Waals surface area contributed by atoms with Gasteiger partial charge in [-0.3, -0.25) is 14.9 Å². The Morgan fingerprint density at radius 2 is 1.89 bits per heavy atom. The Morgan fingerprint density at radius 3 is 2.54 bits per heavy atom. The number of Topliss-reactive ketones (excluding diaryl/α,β-unsaturated/α-hetero) is 1. The second-order valence-electron chi connectivity index (χ2n) is 9.71. The average molecular weight is 477 g/mol. The molecule has 0 unspecified atom stereocenters. The highest BCUT2D eigenvalue weighted by Crippen LogP contribution is 2.47. The smallest absolute Gasteiger partial charge is 0.337 e. The number of ketones is 1. The van der Waals surface area contributed by atoms with Gasteiger partial charge in [0.2, 0.25) is 0 Å². The first-order valence-electron chi connectivity index (χ1n) is 11.4. The van der Waals surface area contributed by atoms with Crippen LogP contribution in [0.1, 0.15) is 50.7 Å². The molecule has 2 aromatic carbocycles. The van der Waals surface area contributed by atoms with Crippen molar-refractivity contribution in [3.05, 3.63) is 92.3 Å². The van der Waals surface area contributed by atoms with Gasteiger partial charge in [-0.1, -0.05) is 38.1 Å². The number of esters is 1. The number of ether oxygens (including phenoxy) is 2. The lowest BCUT2D eigenvalue weighted by molar-refractivity contribution is -0.384. The number of allylic oxidation sites excluding steroid dienone is 3. The van der Waals surface area contributed by atoms with Crippen molar-refractivity contribution in [3.63, 3.8) is 0 Å². The number of methoxy groups -OCH3 is 1. The number of dihydropyridines is 1. The standard InChI is InChI=1S/C27H28N2O6/c1-16-23(26(31)35-15-17-8-10-20(34-4)11-9-17)24(18-6-5-7-19(12-18)29(32)33)25-21(28-16)13-27(2,3)14-22(25)30/h5-12,24,28H,13-15H2,1-4H3/t24-/m1/s1. The molecule has 182 valence electrons. The van der Waals surface area contributed by atoms with Gasteiger partial charge < -0.3 is 14.8 Å². The number of benzene rings is 2. The summed E-state index contributed by atoms with van der Waals surface area (Å²) in [5, 5.41) is 14.7. The summed E-state index contributed by atoms with van der Waals surface area (Å²) in [6.45, 7) is 5.85. The normalized spacial score (nSPS) is 19.1. The Morgan fingerprint density at radius 1 is 1.17 bits per heavy atom. The van der Waals surface area contributed by atoms with Crippen LogP contribution in [0.25, 0.3) is 0 Å². The maximum absolute atomic E-state index is 13.4. The first kappa shape index (κ1) is 24.2. The van der Waals surface area contributed by atoms with Gasteiger partial charge in [0.25, 0.3) is 5.69 Å². The molecule has 1 aliphatic heterocycles. The molecule has 4 rings (SSSR count). The van der Waals surface area contributed by atoms with Crippen LogP contribution in [0.3, 0.4) is 0 Å². The van der Waals surface area contributed by atoms with Gasteiger partial charge in [0.15, 0.2) is 5.78 Å². The molecule has 0 aromatic heterocycles. The van der Waals surface area contributed by atoms with E-state index in [0.29, 0.717) is 35.4 Å². The Balaban J connectivity index is 1.72. The van der Waals surface area contributed by atoms with Crippen molar-refractivity contribution >= 4 is 17.4 Å². The van der Waals surface area contributed by atoms with Gasteiger partial charge in [-0.05, 0) is 42.0 Å². The maximum Gasteiger partial charge on any atom is 0.337 e. The Labute approximate surface area is 203 Å². The van der Waals surface area contributed by atoms with E-state index in [2.05, 4.69) is 5.32 Å². The predicted octanol–water partition coefficient (Wildman–Crippen LogP) is 4.95. The fourth-order valence-electron chi connectivity index (χ4n) is 4.81. The molecule has 1 N–H and O–H groups in total. The van der Waals surface area contributed by atoms with E-state index < -0.39 is 16.8 Å². The van der Waals surface area contributed by atoms with Crippen LogP contribution in [0.15, 0.2) is 71.1 Å². The molecule has 0 radical (unpaired) electrons. The second-order valence-corrected chi connectivity index (χ2v) is 9.71. The summed E-state index contributed by atoms with van der Waals surface area (Å²) in [6.07, 6.45) is 0.956. The van der Waals surface area contributed by atoms with Crippen LogP contribution in [-0.4, -0.2) is 23.8 Å². The molecule has 0 saturated carbocycles. The Hall–Kier alpha value is -3.94. The number of carbonyl (C=O) groups is 2. The second kappa shape index (κ2) is 9.37. The molecule has 0 spiro atoms. The molecular weight excluding hydrogens is 448 g/mol. The molecule has 1 aliphatic carbocycles. The summed E-state index contributed by atoms with van der Waals surface area (Å²) >= 11 is 0. The summed E-state index contributed by atoms with van der Waals surface area (Å²) in [5.41, 5.74) is 3.05. The molecule has 1 heterocycles. The van der Waals surface area contributed by atoms with E-state index in [4.69, 9.17) is 9.47 Å². The highest BCUT2D eigenvalue weighted by Gasteiger charge is 2.43. The maximum atomic E-state index is 13.4. The van der Waals surface area contributed by atoms with Gasteiger partial charge >= 0.3 is 5.97 Å². The molecule has 2 aliphatic rings. The van der Waals surface area contributed by atoms with Crippen molar-refractivity contribution in [1.29, 1.82) is 0 Å². The summed E-state index contributed by atoms with van der Waals surface area (Å²) in [7, 11) is 1.57. The number of hydrogen-bond acceptors (Lipinski definition) is 7. The molecule has 8 heteroatoms. The summed E-state index contributed by atoms with van der Waals surface area (Å²) in [6, 6.07) is 13.3. The summed E-state index contributed by atoms with van der Waals surface area (Å²) < 4.78 is 10.8. The zero-order chi connectivity index (χ0) is 25.3. The molecule has 0 fully saturated rings. The zero-order valence-corrected chi connectivity index (χ0v) is 20.2. The Kier molecular flexibility index (Phi) is 6.47. The lowest BCUT2D eigenvalue weighted by Gasteiger charge is -2.39. The third-order valence-electron chi connectivity index (χ3n) is 6.40. The van der Waals surface area contributed by atoms with E-state index in [9.17, 15) is 19.7 Å². The molecule has 0 bridgehead atoms.